The smallest absolute Gasteiger partial charge is 0.230 e. The number of ether oxygens (including phenoxy) is 1. The van der Waals surface area contributed by atoms with Gasteiger partial charge in [-0.3, -0.25) is 0 Å². The Morgan fingerprint density at radius 1 is 0.943 bits per heavy atom. The van der Waals surface area contributed by atoms with Crippen molar-refractivity contribution < 1.29 is 17.5 Å². The average Bonchev–Trinajstić information content (AvgIpc) is 2.84. The highest BCUT2D eigenvalue weighted by Crippen LogP contribution is 2.28. The molecule has 0 saturated heterocycles. The molecule has 0 spiro atoms. The molecule has 4 rings (SSSR count). The molecule has 0 fully saturated rings. The van der Waals surface area contributed by atoms with E-state index in [4.69, 9.17) is 4.74 Å². The second kappa shape index (κ2) is 10.6. The maximum Gasteiger partial charge on any atom is 0.230 e. The van der Waals surface area contributed by atoms with E-state index in [9.17, 15) is 12.8 Å². The van der Waals surface area contributed by atoms with E-state index >= 15 is 0 Å². The molecule has 7 nitrogen and oxygen atoms in total. The number of halogens is 1. The Balaban J connectivity index is 1.52. The van der Waals surface area contributed by atoms with Crippen LogP contribution in [0.2, 0.25) is 0 Å². The fourth-order valence-corrected chi connectivity index (χ4v) is 4.25. The molecule has 1 N–H and O–H groups in total. The first-order chi connectivity index (χ1) is 16.8. The number of hydrogen-bond acceptors (Lipinski definition) is 7. The molecule has 0 amide bonds. The average molecular weight is 493 g/mol. The highest BCUT2D eigenvalue weighted by atomic mass is 32.2. The van der Waals surface area contributed by atoms with Crippen molar-refractivity contribution in [3.63, 3.8) is 0 Å². The monoisotopic (exact) mass is 492 g/mol. The molecule has 180 valence electrons. The molecule has 3 aromatic carbocycles. The van der Waals surface area contributed by atoms with Crippen LogP contribution in [0.3, 0.4) is 0 Å². The maximum atomic E-state index is 13.2. The van der Waals surface area contributed by atoms with Gasteiger partial charge in [-0.25, -0.2) is 22.8 Å². The van der Waals surface area contributed by atoms with Crippen molar-refractivity contribution in [2.75, 3.05) is 5.32 Å². The lowest BCUT2D eigenvalue weighted by atomic mass is 10.2. The third-order valence-electron chi connectivity index (χ3n) is 5.28. The first-order valence-corrected chi connectivity index (χ1v) is 12.7. The Morgan fingerprint density at radius 2 is 1.71 bits per heavy atom. The van der Waals surface area contributed by atoms with Crippen molar-refractivity contribution in [1.29, 1.82) is 0 Å². The minimum absolute atomic E-state index is 0.0403. The molecule has 0 radical (unpaired) electrons. The van der Waals surface area contributed by atoms with Crippen molar-refractivity contribution >= 4 is 21.5 Å². The van der Waals surface area contributed by atoms with E-state index in [-0.39, 0.29) is 18.2 Å². The molecule has 0 unspecified atom stereocenters. The van der Waals surface area contributed by atoms with Crippen LogP contribution in [0.1, 0.15) is 25.0 Å². The van der Waals surface area contributed by atoms with Gasteiger partial charge in [0, 0.05) is 5.69 Å². The van der Waals surface area contributed by atoms with Gasteiger partial charge >= 0.3 is 0 Å². The van der Waals surface area contributed by atoms with Gasteiger partial charge in [-0.1, -0.05) is 36.4 Å². The van der Waals surface area contributed by atoms with E-state index in [1.165, 1.54) is 18.5 Å². The SMILES string of the molecule is CC(C)S(=O)(=O)Cc1cccc(Nc2ncnc(-c3ccccc3OCc3ccc(F)cc3)n2)c1. The minimum Gasteiger partial charge on any atom is -0.488 e. The molecular weight excluding hydrogens is 467 g/mol. The Hall–Kier alpha value is -3.85. The Labute approximate surface area is 204 Å². The van der Waals surface area contributed by atoms with Crippen LogP contribution in [0.25, 0.3) is 11.4 Å². The van der Waals surface area contributed by atoms with Crippen LogP contribution in [0.15, 0.2) is 79.1 Å². The van der Waals surface area contributed by atoms with Gasteiger partial charge in [0.05, 0.1) is 16.6 Å². The predicted molar refractivity (Wildman–Crippen MR) is 133 cm³/mol. The normalized spacial score (nSPS) is 11.4. The third kappa shape index (κ3) is 6.39. The molecule has 4 aromatic rings. The first kappa shape index (κ1) is 24.3. The van der Waals surface area contributed by atoms with Crippen molar-refractivity contribution in [3.05, 3.63) is 96.1 Å². The highest BCUT2D eigenvalue weighted by Gasteiger charge is 2.17. The van der Waals surface area contributed by atoms with Crippen LogP contribution < -0.4 is 10.1 Å². The summed E-state index contributed by atoms with van der Waals surface area (Å²) < 4.78 is 43.7. The Morgan fingerprint density at radius 3 is 2.49 bits per heavy atom. The molecule has 1 aromatic heterocycles. The number of anilines is 2. The standard InChI is InChI=1S/C26H25FN4O3S/c1-18(2)35(32,33)16-20-6-5-7-22(14-20)30-26-29-17-28-25(31-26)23-8-3-4-9-24(23)34-15-19-10-12-21(27)13-11-19/h3-14,17-18H,15-16H2,1-2H3,(H,28,29,30,31). The molecule has 0 bridgehead atoms. The largest absolute Gasteiger partial charge is 0.488 e. The summed E-state index contributed by atoms with van der Waals surface area (Å²) in [5.74, 6) is 0.964. The number of benzene rings is 3. The summed E-state index contributed by atoms with van der Waals surface area (Å²) in [6.45, 7) is 3.61. The Kier molecular flexibility index (Phi) is 7.36. The number of para-hydroxylation sites is 1. The van der Waals surface area contributed by atoms with Crippen molar-refractivity contribution in [2.24, 2.45) is 0 Å². The number of nitrogens with one attached hydrogen (secondary N) is 1. The zero-order valence-corrected chi connectivity index (χ0v) is 20.2. The van der Waals surface area contributed by atoms with Crippen LogP contribution in [-0.4, -0.2) is 28.6 Å². The van der Waals surface area contributed by atoms with Gasteiger partial charge in [0.15, 0.2) is 15.7 Å². The summed E-state index contributed by atoms with van der Waals surface area (Å²) in [5.41, 5.74) is 2.85. The van der Waals surface area contributed by atoms with Crippen LogP contribution in [0, 0.1) is 5.82 Å². The van der Waals surface area contributed by atoms with E-state index < -0.39 is 15.1 Å². The summed E-state index contributed by atoms with van der Waals surface area (Å²) in [5, 5.41) is 2.67. The van der Waals surface area contributed by atoms with E-state index in [1.54, 1.807) is 44.2 Å². The van der Waals surface area contributed by atoms with E-state index in [1.807, 2.05) is 30.3 Å². The maximum absolute atomic E-state index is 13.2. The lowest BCUT2D eigenvalue weighted by Crippen LogP contribution is -2.16. The molecule has 0 aliphatic rings. The molecule has 0 aliphatic heterocycles. The topological polar surface area (TPSA) is 94.1 Å². The molecule has 0 atom stereocenters. The fourth-order valence-electron chi connectivity index (χ4n) is 3.27. The summed E-state index contributed by atoms with van der Waals surface area (Å²) in [6.07, 6.45) is 1.40. The quantitative estimate of drug-likeness (QED) is 0.338. The predicted octanol–water partition coefficient (Wildman–Crippen LogP) is 5.32. The molecule has 35 heavy (non-hydrogen) atoms. The van der Waals surface area contributed by atoms with Gasteiger partial charge in [-0.15, -0.1) is 0 Å². The lowest BCUT2D eigenvalue weighted by molar-refractivity contribution is 0.307. The van der Waals surface area contributed by atoms with Crippen molar-refractivity contribution in [1.82, 2.24) is 15.0 Å². The number of aromatic nitrogens is 3. The molecule has 9 heteroatoms. The van der Waals surface area contributed by atoms with Gasteiger partial charge in [0.25, 0.3) is 0 Å². The number of sulfone groups is 1. The van der Waals surface area contributed by atoms with E-state index in [0.29, 0.717) is 34.3 Å². The second-order valence-electron chi connectivity index (χ2n) is 8.23. The van der Waals surface area contributed by atoms with Gasteiger partial charge in [0.2, 0.25) is 5.95 Å². The number of nitrogens with zero attached hydrogens (tertiary/aromatic N) is 3. The van der Waals surface area contributed by atoms with E-state index in [2.05, 4.69) is 20.3 Å². The minimum atomic E-state index is -3.22. The molecule has 1 heterocycles. The van der Waals surface area contributed by atoms with Crippen molar-refractivity contribution in [3.8, 4) is 17.1 Å². The zero-order chi connectivity index (χ0) is 24.8. The molecular formula is C26H25FN4O3S. The molecule has 0 aliphatic carbocycles. The summed E-state index contributed by atoms with van der Waals surface area (Å²) in [6, 6.07) is 20.6. The summed E-state index contributed by atoms with van der Waals surface area (Å²) >= 11 is 0. The van der Waals surface area contributed by atoms with Crippen LogP contribution in [0.4, 0.5) is 16.0 Å². The van der Waals surface area contributed by atoms with Gasteiger partial charge in [-0.2, -0.15) is 4.98 Å². The van der Waals surface area contributed by atoms with E-state index in [0.717, 1.165) is 5.56 Å². The summed E-state index contributed by atoms with van der Waals surface area (Å²) in [4.78, 5) is 13.0. The van der Waals surface area contributed by atoms with Crippen LogP contribution >= 0.6 is 0 Å². The van der Waals surface area contributed by atoms with Gasteiger partial charge in [-0.05, 0) is 61.4 Å². The number of hydrogen-bond donors (Lipinski definition) is 1. The first-order valence-electron chi connectivity index (χ1n) is 11.0. The summed E-state index contributed by atoms with van der Waals surface area (Å²) in [7, 11) is -3.22. The zero-order valence-electron chi connectivity index (χ0n) is 19.3. The van der Waals surface area contributed by atoms with Crippen LogP contribution in [0.5, 0.6) is 5.75 Å². The third-order valence-corrected chi connectivity index (χ3v) is 7.45. The van der Waals surface area contributed by atoms with Crippen LogP contribution in [-0.2, 0) is 22.2 Å². The highest BCUT2D eigenvalue weighted by molar-refractivity contribution is 7.91. The lowest BCUT2D eigenvalue weighted by Gasteiger charge is -2.12. The molecule has 0 saturated carbocycles. The second-order valence-corrected chi connectivity index (χ2v) is 10.8. The number of rotatable bonds is 9. The van der Waals surface area contributed by atoms with Gasteiger partial charge < -0.3 is 10.1 Å². The fraction of sp³-hybridized carbons (Fsp3) is 0.192. The van der Waals surface area contributed by atoms with Crippen molar-refractivity contribution in [2.45, 2.75) is 31.5 Å². The van der Waals surface area contributed by atoms with Gasteiger partial charge in [0.1, 0.15) is 24.5 Å². The Bertz CT molecular complexity index is 1410.